The number of hydrogen-bond acceptors (Lipinski definition) is 5. The molecule has 1 aromatic rings. The number of hydrogen-bond donors (Lipinski definition) is 3. The van der Waals surface area contributed by atoms with Crippen molar-refractivity contribution in [3.63, 3.8) is 0 Å². The van der Waals surface area contributed by atoms with E-state index in [2.05, 4.69) is 10.6 Å². The van der Waals surface area contributed by atoms with Crippen molar-refractivity contribution in [2.75, 3.05) is 13.2 Å². The van der Waals surface area contributed by atoms with E-state index in [0.29, 0.717) is 25.6 Å². The van der Waals surface area contributed by atoms with E-state index < -0.39 is 5.60 Å². The van der Waals surface area contributed by atoms with Crippen LogP contribution in [0.5, 0.6) is 0 Å². The quantitative estimate of drug-likeness (QED) is 0.736. The molecule has 1 saturated carbocycles. The molecular formula is C18H26N2O4. The Bertz CT molecular complexity index is 547. The Balaban J connectivity index is 1.30. The Morgan fingerprint density at radius 1 is 1.33 bits per heavy atom. The number of aliphatic hydroxyl groups is 1. The van der Waals surface area contributed by atoms with E-state index in [0.717, 1.165) is 18.4 Å². The number of rotatable bonds is 6. The van der Waals surface area contributed by atoms with E-state index in [-0.39, 0.29) is 24.8 Å². The third-order valence-electron chi connectivity index (χ3n) is 5.03. The molecule has 1 amide bonds. The fraction of sp³-hybridized carbons (Fsp3) is 0.611. The average Bonchev–Trinajstić information content (AvgIpc) is 2.88. The molecule has 3 rings (SSSR count). The topological polar surface area (TPSA) is 79.8 Å². The van der Waals surface area contributed by atoms with E-state index in [4.69, 9.17) is 9.47 Å². The van der Waals surface area contributed by atoms with Gasteiger partial charge in [0.25, 0.3) is 0 Å². The molecule has 1 heterocycles. The Morgan fingerprint density at radius 2 is 2.08 bits per heavy atom. The molecule has 0 radical (unpaired) electrons. The maximum absolute atomic E-state index is 11.8. The second-order valence-corrected chi connectivity index (χ2v) is 6.82. The van der Waals surface area contributed by atoms with Crippen molar-refractivity contribution in [2.45, 2.75) is 56.6 Å². The van der Waals surface area contributed by atoms with Crippen LogP contribution in [0, 0.1) is 0 Å². The standard InChI is InChI=1S/C18H26N2O4/c1-13-18(22,7-8-23-13)12-19-15-9-16(10-15)20-17(21)24-11-14-5-3-2-4-6-14/h2-6,13,15-16,19,22H,7-12H2,1H3,(H,20,21). The van der Waals surface area contributed by atoms with Gasteiger partial charge in [0.2, 0.25) is 0 Å². The molecule has 2 atom stereocenters. The molecule has 24 heavy (non-hydrogen) atoms. The smallest absolute Gasteiger partial charge is 0.407 e. The summed E-state index contributed by atoms with van der Waals surface area (Å²) in [7, 11) is 0. The third kappa shape index (κ3) is 4.26. The van der Waals surface area contributed by atoms with Gasteiger partial charge in [-0.3, -0.25) is 0 Å². The maximum atomic E-state index is 11.8. The second kappa shape index (κ2) is 7.51. The number of carbonyl (C=O) groups is 1. The summed E-state index contributed by atoms with van der Waals surface area (Å²) >= 11 is 0. The minimum absolute atomic E-state index is 0.132. The molecule has 132 valence electrons. The molecule has 0 aromatic heterocycles. The largest absolute Gasteiger partial charge is 0.445 e. The number of nitrogens with one attached hydrogen (secondary N) is 2. The molecule has 1 aliphatic carbocycles. The van der Waals surface area contributed by atoms with Crippen LogP contribution in [0.25, 0.3) is 0 Å². The summed E-state index contributed by atoms with van der Waals surface area (Å²) in [4.78, 5) is 11.8. The molecule has 0 bridgehead atoms. The molecule has 2 aliphatic rings. The highest BCUT2D eigenvalue weighted by atomic mass is 16.5. The molecule has 6 nitrogen and oxygen atoms in total. The maximum Gasteiger partial charge on any atom is 0.407 e. The summed E-state index contributed by atoms with van der Waals surface area (Å²) in [6.45, 7) is 3.33. The Hall–Kier alpha value is -1.63. The summed E-state index contributed by atoms with van der Waals surface area (Å²) in [6.07, 6.45) is 1.87. The van der Waals surface area contributed by atoms with Gasteiger partial charge in [0.1, 0.15) is 12.2 Å². The highest BCUT2D eigenvalue weighted by Crippen LogP contribution is 2.27. The fourth-order valence-electron chi connectivity index (χ4n) is 3.16. The lowest BCUT2D eigenvalue weighted by Crippen LogP contribution is -2.56. The van der Waals surface area contributed by atoms with Crippen LogP contribution in [0.4, 0.5) is 4.79 Å². The molecule has 0 spiro atoms. The molecular weight excluding hydrogens is 308 g/mol. The van der Waals surface area contributed by atoms with Gasteiger partial charge in [-0.05, 0) is 25.3 Å². The predicted octanol–water partition coefficient (Wildman–Crippen LogP) is 1.57. The molecule has 1 aliphatic heterocycles. The fourth-order valence-corrected chi connectivity index (χ4v) is 3.16. The van der Waals surface area contributed by atoms with Crippen molar-refractivity contribution < 1.29 is 19.4 Å². The average molecular weight is 334 g/mol. The molecule has 2 unspecified atom stereocenters. The van der Waals surface area contributed by atoms with Gasteiger partial charge < -0.3 is 25.2 Å². The normalized spacial score (nSPS) is 32.2. The van der Waals surface area contributed by atoms with Gasteiger partial charge >= 0.3 is 6.09 Å². The zero-order chi connectivity index (χ0) is 17.0. The summed E-state index contributed by atoms with van der Waals surface area (Å²) in [5.74, 6) is 0. The number of benzene rings is 1. The van der Waals surface area contributed by atoms with Gasteiger partial charge in [-0.15, -0.1) is 0 Å². The van der Waals surface area contributed by atoms with Crippen molar-refractivity contribution in [1.82, 2.24) is 10.6 Å². The first-order valence-electron chi connectivity index (χ1n) is 8.60. The van der Waals surface area contributed by atoms with E-state index in [1.807, 2.05) is 37.3 Å². The van der Waals surface area contributed by atoms with Crippen LogP contribution in [0.2, 0.25) is 0 Å². The third-order valence-corrected chi connectivity index (χ3v) is 5.03. The minimum Gasteiger partial charge on any atom is -0.445 e. The lowest BCUT2D eigenvalue weighted by molar-refractivity contribution is -0.0297. The van der Waals surface area contributed by atoms with E-state index in [9.17, 15) is 9.90 Å². The SMILES string of the molecule is CC1OCCC1(O)CNC1CC(NC(=O)OCc2ccccc2)C1. The van der Waals surface area contributed by atoms with Crippen LogP contribution in [0.15, 0.2) is 30.3 Å². The molecule has 3 N–H and O–H groups in total. The first kappa shape index (κ1) is 17.2. The highest BCUT2D eigenvalue weighted by molar-refractivity contribution is 5.67. The lowest BCUT2D eigenvalue weighted by Gasteiger charge is -2.38. The van der Waals surface area contributed by atoms with Crippen LogP contribution < -0.4 is 10.6 Å². The summed E-state index contributed by atoms with van der Waals surface area (Å²) in [5, 5.41) is 16.7. The summed E-state index contributed by atoms with van der Waals surface area (Å²) in [6, 6.07) is 10.1. The predicted molar refractivity (Wildman–Crippen MR) is 89.6 cm³/mol. The van der Waals surface area contributed by atoms with E-state index >= 15 is 0 Å². The second-order valence-electron chi connectivity index (χ2n) is 6.82. The van der Waals surface area contributed by atoms with Crippen LogP contribution >= 0.6 is 0 Å². The van der Waals surface area contributed by atoms with Gasteiger partial charge in [-0.2, -0.15) is 0 Å². The first-order valence-corrected chi connectivity index (χ1v) is 8.60. The zero-order valence-electron chi connectivity index (χ0n) is 14.0. The Morgan fingerprint density at radius 3 is 2.75 bits per heavy atom. The van der Waals surface area contributed by atoms with Crippen molar-refractivity contribution in [3.8, 4) is 0 Å². The van der Waals surface area contributed by atoms with Gasteiger partial charge in [0, 0.05) is 31.7 Å². The molecule has 6 heteroatoms. The van der Waals surface area contributed by atoms with E-state index in [1.165, 1.54) is 0 Å². The number of ether oxygens (including phenoxy) is 2. The van der Waals surface area contributed by atoms with Crippen LogP contribution in [-0.4, -0.2) is 48.1 Å². The van der Waals surface area contributed by atoms with Crippen molar-refractivity contribution in [1.29, 1.82) is 0 Å². The zero-order valence-corrected chi connectivity index (χ0v) is 14.0. The van der Waals surface area contributed by atoms with Gasteiger partial charge in [0.15, 0.2) is 0 Å². The van der Waals surface area contributed by atoms with E-state index in [1.54, 1.807) is 0 Å². The minimum atomic E-state index is -0.771. The number of amides is 1. The first-order chi connectivity index (χ1) is 11.5. The van der Waals surface area contributed by atoms with Crippen LogP contribution in [0.3, 0.4) is 0 Å². The highest BCUT2D eigenvalue weighted by Gasteiger charge is 2.41. The number of carbonyl (C=O) groups excluding carboxylic acids is 1. The van der Waals surface area contributed by atoms with Crippen LogP contribution in [0.1, 0.15) is 31.7 Å². The summed E-state index contributed by atoms with van der Waals surface area (Å²) in [5.41, 5.74) is 0.203. The van der Waals surface area contributed by atoms with Gasteiger partial charge in [-0.25, -0.2) is 4.79 Å². The molecule has 2 fully saturated rings. The number of alkyl carbamates (subject to hydrolysis) is 1. The van der Waals surface area contributed by atoms with Crippen LogP contribution in [-0.2, 0) is 16.1 Å². The Labute approximate surface area is 142 Å². The van der Waals surface area contributed by atoms with Crippen molar-refractivity contribution in [3.05, 3.63) is 35.9 Å². The molecule has 1 saturated heterocycles. The monoisotopic (exact) mass is 334 g/mol. The van der Waals surface area contributed by atoms with Gasteiger partial charge in [-0.1, -0.05) is 30.3 Å². The summed E-state index contributed by atoms with van der Waals surface area (Å²) < 4.78 is 10.6. The molecule has 1 aromatic carbocycles. The van der Waals surface area contributed by atoms with Gasteiger partial charge in [0.05, 0.1) is 6.10 Å². The van der Waals surface area contributed by atoms with Crippen molar-refractivity contribution >= 4 is 6.09 Å². The van der Waals surface area contributed by atoms with Crippen molar-refractivity contribution in [2.24, 2.45) is 0 Å². The Kier molecular flexibility index (Phi) is 5.38. The lowest BCUT2D eigenvalue weighted by atomic mass is 9.86.